The summed E-state index contributed by atoms with van der Waals surface area (Å²) in [5.74, 6) is -3.55. The normalized spacial score (nSPS) is 11.5. The molecule has 0 radical (unpaired) electrons. The highest BCUT2D eigenvalue weighted by atomic mass is 35.5. The predicted octanol–water partition coefficient (Wildman–Crippen LogP) is -0.298. The zero-order valence-electron chi connectivity index (χ0n) is 10.3. The SMILES string of the molecule is NC(=O)C[C@@H](NC(=O)c1cc(Cl)ncc1[N+](=O)[O-])C(=O)O. The molecule has 0 saturated heterocycles. The van der Waals surface area contributed by atoms with Crippen LogP contribution < -0.4 is 11.1 Å². The van der Waals surface area contributed by atoms with E-state index in [1.165, 1.54) is 0 Å². The van der Waals surface area contributed by atoms with Gasteiger partial charge in [-0.25, -0.2) is 9.78 Å². The van der Waals surface area contributed by atoms with Crippen molar-refractivity contribution in [2.75, 3.05) is 0 Å². The number of aromatic nitrogens is 1. The van der Waals surface area contributed by atoms with Crippen molar-refractivity contribution in [3.63, 3.8) is 0 Å². The molecule has 0 saturated carbocycles. The van der Waals surface area contributed by atoms with Gasteiger partial charge in [-0.2, -0.15) is 0 Å². The lowest BCUT2D eigenvalue weighted by atomic mass is 10.1. The Labute approximate surface area is 122 Å². The van der Waals surface area contributed by atoms with Crippen molar-refractivity contribution < 1.29 is 24.4 Å². The highest BCUT2D eigenvalue weighted by molar-refractivity contribution is 6.29. The van der Waals surface area contributed by atoms with Crippen LogP contribution in [0.25, 0.3) is 0 Å². The van der Waals surface area contributed by atoms with E-state index in [1.54, 1.807) is 0 Å². The summed E-state index contributed by atoms with van der Waals surface area (Å²) >= 11 is 5.54. The van der Waals surface area contributed by atoms with E-state index in [0.717, 1.165) is 12.3 Å². The molecule has 1 aromatic heterocycles. The molecule has 1 rings (SSSR count). The first-order valence-electron chi connectivity index (χ1n) is 5.34. The quantitative estimate of drug-likeness (QED) is 0.368. The van der Waals surface area contributed by atoms with Crippen LogP contribution >= 0.6 is 11.6 Å². The summed E-state index contributed by atoms with van der Waals surface area (Å²) < 4.78 is 0. The van der Waals surface area contributed by atoms with E-state index in [1.807, 2.05) is 5.32 Å². The molecule has 0 bridgehead atoms. The van der Waals surface area contributed by atoms with E-state index in [0.29, 0.717) is 0 Å². The second-order valence-corrected chi connectivity index (χ2v) is 4.20. The lowest BCUT2D eigenvalue weighted by Gasteiger charge is -2.12. The van der Waals surface area contributed by atoms with Crippen LogP contribution in [0.1, 0.15) is 16.8 Å². The van der Waals surface area contributed by atoms with E-state index in [9.17, 15) is 24.5 Å². The second-order valence-electron chi connectivity index (χ2n) is 3.82. The van der Waals surface area contributed by atoms with E-state index in [4.69, 9.17) is 22.4 Å². The average Bonchev–Trinajstić information content (AvgIpc) is 2.36. The molecule has 1 aromatic rings. The van der Waals surface area contributed by atoms with Gasteiger partial charge in [0.25, 0.3) is 11.6 Å². The lowest BCUT2D eigenvalue weighted by Crippen LogP contribution is -2.43. The summed E-state index contributed by atoms with van der Waals surface area (Å²) in [5, 5.41) is 21.4. The van der Waals surface area contributed by atoms with Gasteiger partial charge >= 0.3 is 5.97 Å². The van der Waals surface area contributed by atoms with Crippen LogP contribution in [0.4, 0.5) is 5.69 Å². The third-order valence-corrected chi connectivity index (χ3v) is 2.51. The maximum absolute atomic E-state index is 11.9. The Hall–Kier alpha value is -2.75. The number of carbonyl (C=O) groups is 3. The number of amides is 2. The van der Waals surface area contributed by atoms with Crippen molar-refractivity contribution in [3.05, 3.63) is 33.1 Å². The molecule has 0 aliphatic carbocycles. The van der Waals surface area contributed by atoms with Crippen molar-refractivity contribution in [1.29, 1.82) is 0 Å². The highest BCUT2D eigenvalue weighted by Crippen LogP contribution is 2.20. The molecular weight excluding hydrogens is 308 g/mol. The molecule has 1 atom stereocenters. The third-order valence-electron chi connectivity index (χ3n) is 2.30. The van der Waals surface area contributed by atoms with E-state index in [-0.39, 0.29) is 5.15 Å². The topological polar surface area (TPSA) is 166 Å². The monoisotopic (exact) mass is 316 g/mol. The number of nitro groups is 1. The van der Waals surface area contributed by atoms with Crippen LogP contribution in [0.3, 0.4) is 0 Å². The van der Waals surface area contributed by atoms with Gasteiger partial charge in [0.05, 0.1) is 11.3 Å². The van der Waals surface area contributed by atoms with Gasteiger partial charge in [-0.3, -0.25) is 19.7 Å². The Morgan fingerprint density at radius 2 is 2.14 bits per heavy atom. The molecule has 112 valence electrons. The number of aliphatic carboxylic acids is 1. The van der Waals surface area contributed by atoms with E-state index < -0.39 is 46.4 Å². The number of nitrogens with one attached hydrogen (secondary N) is 1. The Morgan fingerprint density at radius 3 is 2.62 bits per heavy atom. The number of carboxylic acid groups (broad SMARTS) is 1. The minimum Gasteiger partial charge on any atom is -0.480 e. The summed E-state index contributed by atoms with van der Waals surface area (Å²) in [6.45, 7) is 0. The van der Waals surface area contributed by atoms with Gasteiger partial charge in [0.1, 0.15) is 23.0 Å². The molecule has 2 amide bonds. The fourth-order valence-corrected chi connectivity index (χ4v) is 1.55. The molecule has 0 unspecified atom stereocenters. The van der Waals surface area contributed by atoms with Crippen molar-refractivity contribution in [1.82, 2.24) is 10.3 Å². The van der Waals surface area contributed by atoms with E-state index >= 15 is 0 Å². The molecule has 0 aliphatic heterocycles. The molecule has 0 fully saturated rings. The Kier molecular flexibility index (Phi) is 5.13. The summed E-state index contributed by atoms with van der Waals surface area (Å²) in [6, 6.07) is -0.695. The molecule has 11 heteroatoms. The highest BCUT2D eigenvalue weighted by Gasteiger charge is 2.27. The second kappa shape index (κ2) is 6.61. The standard InChI is InChI=1S/C10H9ClN4O6/c11-7-1-4(6(3-13-7)15(20)21)9(17)14-5(10(18)19)2-8(12)16/h1,3,5H,2H2,(H2,12,16)(H,14,17)(H,18,19)/t5-/m1/s1. The maximum Gasteiger partial charge on any atom is 0.326 e. The fourth-order valence-electron chi connectivity index (χ4n) is 1.39. The Bertz CT molecular complexity index is 620. The number of hydrogen-bond acceptors (Lipinski definition) is 6. The maximum atomic E-state index is 11.9. The van der Waals surface area contributed by atoms with Crippen molar-refractivity contribution >= 4 is 35.1 Å². The van der Waals surface area contributed by atoms with Gasteiger partial charge in [0, 0.05) is 0 Å². The number of carboxylic acids is 1. The van der Waals surface area contributed by atoms with Crippen LogP contribution in [0.2, 0.25) is 5.15 Å². The van der Waals surface area contributed by atoms with Crippen molar-refractivity contribution in [2.24, 2.45) is 5.73 Å². The first-order chi connectivity index (χ1) is 9.72. The first-order valence-corrected chi connectivity index (χ1v) is 5.72. The number of primary amides is 1. The number of halogens is 1. The van der Waals surface area contributed by atoms with Gasteiger partial charge in [0.2, 0.25) is 5.91 Å². The zero-order chi connectivity index (χ0) is 16.2. The Morgan fingerprint density at radius 1 is 1.52 bits per heavy atom. The number of nitrogens with two attached hydrogens (primary N) is 1. The van der Waals surface area contributed by atoms with Crippen LogP contribution in [0.15, 0.2) is 12.3 Å². The minimum absolute atomic E-state index is 0.187. The molecule has 21 heavy (non-hydrogen) atoms. The lowest BCUT2D eigenvalue weighted by molar-refractivity contribution is -0.385. The van der Waals surface area contributed by atoms with Gasteiger partial charge in [0.15, 0.2) is 0 Å². The molecule has 0 aliphatic rings. The van der Waals surface area contributed by atoms with Gasteiger partial charge in [-0.15, -0.1) is 0 Å². The third kappa shape index (κ3) is 4.38. The smallest absolute Gasteiger partial charge is 0.326 e. The summed E-state index contributed by atoms with van der Waals surface area (Å²) in [5.41, 5.74) is 3.73. The zero-order valence-corrected chi connectivity index (χ0v) is 11.0. The van der Waals surface area contributed by atoms with E-state index in [2.05, 4.69) is 4.98 Å². The van der Waals surface area contributed by atoms with Crippen molar-refractivity contribution in [2.45, 2.75) is 12.5 Å². The molecule has 0 spiro atoms. The predicted molar refractivity (Wildman–Crippen MR) is 68.6 cm³/mol. The van der Waals surface area contributed by atoms with Gasteiger partial charge in [-0.05, 0) is 6.07 Å². The number of carbonyl (C=O) groups excluding carboxylic acids is 2. The Balaban J connectivity index is 3.07. The summed E-state index contributed by atoms with van der Waals surface area (Å²) in [4.78, 5) is 46.9. The number of rotatable bonds is 6. The van der Waals surface area contributed by atoms with Crippen LogP contribution in [0, 0.1) is 10.1 Å². The van der Waals surface area contributed by atoms with Gasteiger partial charge in [-0.1, -0.05) is 11.6 Å². The first kappa shape index (κ1) is 16.3. The summed E-state index contributed by atoms with van der Waals surface area (Å²) in [6.07, 6.45) is 0.106. The van der Waals surface area contributed by atoms with Crippen LogP contribution in [0.5, 0.6) is 0 Å². The number of pyridine rings is 1. The fraction of sp³-hybridized carbons (Fsp3) is 0.200. The minimum atomic E-state index is -1.61. The van der Waals surface area contributed by atoms with Crippen molar-refractivity contribution in [3.8, 4) is 0 Å². The molecular formula is C10H9ClN4O6. The summed E-state index contributed by atoms with van der Waals surface area (Å²) in [7, 11) is 0. The van der Waals surface area contributed by atoms with Crippen LogP contribution in [-0.2, 0) is 9.59 Å². The number of nitrogens with zero attached hydrogens (tertiary/aromatic N) is 2. The molecule has 0 aromatic carbocycles. The number of hydrogen-bond donors (Lipinski definition) is 3. The largest absolute Gasteiger partial charge is 0.480 e. The molecule has 4 N–H and O–H groups in total. The van der Waals surface area contributed by atoms with Crippen LogP contribution in [-0.4, -0.2) is 38.8 Å². The molecule has 10 nitrogen and oxygen atoms in total. The van der Waals surface area contributed by atoms with Gasteiger partial charge < -0.3 is 16.2 Å². The molecule has 1 heterocycles. The average molecular weight is 317 g/mol.